The molecule has 2 aliphatic rings. The minimum absolute atomic E-state index is 0.564. The van der Waals surface area contributed by atoms with Crippen molar-refractivity contribution in [3.63, 3.8) is 0 Å². The predicted molar refractivity (Wildman–Crippen MR) is 68.3 cm³/mol. The zero-order chi connectivity index (χ0) is 11.1. The van der Waals surface area contributed by atoms with Crippen LogP contribution in [0, 0.1) is 0 Å². The van der Waals surface area contributed by atoms with Gasteiger partial charge in [-0.1, -0.05) is 23.2 Å². The fourth-order valence-electron chi connectivity index (χ4n) is 3.05. The van der Waals surface area contributed by atoms with Crippen molar-refractivity contribution in [3.8, 4) is 0 Å². The molecular formula is C13H15Cl2N. The van der Waals surface area contributed by atoms with Gasteiger partial charge in [-0.05, 0) is 62.0 Å². The molecule has 1 saturated heterocycles. The van der Waals surface area contributed by atoms with Crippen molar-refractivity contribution in [2.45, 2.75) is 31.7 Å². The topological polar surface area (TPSA) is 3.24 Å². The Balaban J connectivity index is 1.97. The summed E-state index contributed by atoms with van der Waals surface area (Å²) < 4.78 is 0. The van der Waals surface area contributed by atoms with Crippen LogP contribution in [-0.4, -0.2) is 18.0 Å². The molecule has 1 nitrogen and oxygen atoms in total. The van der Waals surface area contributed by atoms with Gasteiger partial charge in [-0.2, -0.15) is 0 Å². The van der Waals surface area contributed by atoms with Gasteiger partial charge in [0.2, 0.25) is 0 Å². The van der Waals surface area contributed by atoms with Crippen molar-refractivity contribution < 1.29 is 0 Å². The van der Waals surface area contributed by atoms with E-state index in [2.05, 4.69) is 11.0 Å². The van der Waals surface area contributed by atoms with Crippen LogP contribution in [0.4, 0.5) is 0 Å². The molecule has 3 rings (SSSR count). The number of rotatable bonds is 1. The van der Waals surface area contributed by atoms with Gasteiger partial charge in [-0.25, -0.2) is 0 Å². The number of benzene rings is 1. The lowest BCUT2D eigenvalue weighted by molar-refractivity contribution is 0.245. The minimum atomic E-state index is 0.564. The molecule has 3 heteroatoms. The number of fused-ring (bicyclic) bond motifs is 1. The van der Waals surface area contributed by atoms with Crippen LogP contribution in [0.2, 0.25) is 10.0 Å². The highest BCUT2D eigenvalue weighted by atomic mass is 35.5. The van der Waals surface area contributed by atoms with Gasteiger partial charge < -0.3 is 0 Å². The van der Waals surface area contributed by atoms with Crippen LogP contribution in [0.25, 0.3) is 0 Å². The number of hydrogen-bond donors (Lipinski definition) is 0. The van der Waals surface area contributed by atoms with Gasteiger partial charge in [0, 0.05) is 16.1 Å². The van der Waals surface area contributed by atoms with Gasteiger partial charge in [0.1, 0.15) is 0 Å². The zero-order valence-electron chi connectivity index (χ0n) is 9.18. The summed E-state index contributed by atoms with van der Waals surface area (Å²) in [5.41, 5.74) is 2.70. The molecule has 0 aromatic heterocycles. The summed E-state index contributed by atoms with van der Waals surface area (Å²) in [6.07, 6.45) is 4.97. The van der Waals surface area contributed by atoms with Gasteiger partial charge >= 0.3 is 0 Å². The van der Waals surface area contributed by atoms with E-state index in [0.717, 1.165) is 16.5 Å². The van der Waals surface area contributed by atoms with Crippen LogP contribution < -0.4 is 0 Å². The normalized spacial score (nSPS) is 25.0. The molecule has 1 aromatic rings. The largest absolute Gasteiger partial charge is 0.296 e. The van der Waals surface area contributed by atoms with Crippen LogP contribution in [-0.2, 0) is 6.42 Å². The second-order valence-electron chi connectivity index (χ2n) is 4.75. The second kappa shape index (κ2) is 4.21. The maximum absolute atomic E-state index is 6.24. The molecule has 0 amide bonds. The van der Waals surface area contributed by atoms with Gasteiger partial charge in [0.15, 0.2) is 0 Å². The van der Waals surface area contributed by atoms with E-state index in [9.17, 15) is 0 Å². The fourth-order valence-corrected chi connectivity index (χ4v) is 3.66. The Kier molecular flexibility index (Phi) is 2.87. The van der Waals surface area contributed by atoms with E-state index in [1.165, 1.54) is 43.5 Å². The fraction of sp³-hybridized carbons (Fsp3) is 0.538. The molecule has 1 aliphatic heterocycles. The van der Waals surface area contributed by atoms with Gasteiger partial charge in [0.05, 0.1) is 0 Å². The Morgan fingerprint density at radius 3 is 2.62 bits per heavy atom. The summed E-state index contributed by atoms with van der Waals surface area (Å²) >= 11 is 12.3. The monoisotopic (exact) mass is 255 g/mol. The van der Waals surface area contributed by atoms with Crippen molar-refractivity contribution >= 4 is 23.2 Å². The first-order chi connectivity index (χ1) is 7.75. The summed E-state index contributed by atoms with van der Waals surface area (Å²) in [4.78, 5) is 2.58. The van der Waals surface area contributed by atoms with E-state index in [-0.39, 0.29) is 0 Å². The molecule has 0 bridgehead atoms. The Morgan fingerprint density at radius 1 is 1.12 bits per heavy atom. The molecule has 0 radical (unpaired) electrons. The molecule has 1 aromatic carbocycles. The molecule has 1 fully saturated rings. The standard InChI is InChI=1S/C13H15Cl2N/c14-9-7-11-10(12(15)8-9)3-4-13(11)16-5-1-2-6-16/h7-8,13H,1-6H2/t13-/m0/s1. The van der Waals surface area contributed by atoms with E-state index in [1.54, 1.807) is 0 Å². The first-order valence-corrected chi connectivity index (χ1v) is 6.73. The van der Waals surface area contributed by atoms with Crippen LogP contribution in [0.15, 0.2) is 12.1 Å². The number of likely N-dealkylation sites (tertiary alicyclic amines) is 1. The molecule has 0 saturated carbocycles. The smallest absolute Gasteiger partial charge is 0.0456 e. The van der Waals surface area contributed by atoms with Crippen molar-refractivity contribution in [3.05, 3.63) is 33.3 Å². The molecule has 0 unspecified atom stereocenters. The quantitative estimate of drug-likeness (QED) is 0.731. The summed E-state index contributed by atoms with van der Waals surface area (Å²) in [7, 11) is 0. The first kappa shape index (κ1) is 10.9. The Morgan fingerprint density at radius 2 is 1.88 bits per heavy atom. The molecule has 16 heavy (non-hydrogen) atoms. The van der Waals surface area contributed by atoms with Gasteiger partial charge in [-0.15, -0.1) is 0 Å². The van der Waals surface area contributed by atoms with Crippen LogP contribution >= 0.6 is 23.2 Å². The lowest BCUT2D eigenvalue weighted by Crippen LogP contribution is -2.23. The zero-order valence-corrected chi connectivity index (χ0v) is 10.7. The summed E-state index contributed by atoms with van der Waals surface area (Å²) in [6.45, 7) is 2.46. The lowest BCUT2D eigenvalue weighted by Gasteiger charge is -2.24. The van der Waals surface area contributed by atoms with E-state index in [1.807, 2.05) is 6.07 Å². The predicted octanol–water partition coefficient (Wildman–Crippen LogP) is 4.08. The van der Waals surface area contributed by atoms with Crippen LogP contribution in [0.5, 0.6) is 0 Å². The van der Waals surface area contributed by atoms with Gasteiger partial charge in [0.25, 0.3) is 0 Å². The highest BCUT2D eigenvalue weighted by Gasteiger charge is 2.30. The third-order valence-corrected chi connectivity index (χ3v) is 4.36. The maximum atomic E-state index is 6.24. The Hall–Kier alpha value is -0.240. The van der Waals surface area contributed by atoms with E-state index in [0.29, 0.717) is 6.04 Å². The third kappa shape index (κ3) is 1.75. The van der Waals surface area contributed by atoms with E-state index < -0.39 is 0 Å². The molecule has 1 heterocycles. The highest BCUT2D eigenvalue weighted by molar-refractivity contribution is 6.35. The molecule has 0 spiro atoms. The second-order valence-corrected chi connectivity index (χ2v) is 5.60. The first-order valence-electron chi connectivity index (χ1n) is 5.97. The third-order valence-electron chi connectivity index (χ3n) is 3.80. The molecule has 1 aliphatic carbocycles. The number of hydrogen-bond acceptors (Lipinski definition) is 1. The van der Waals surface area contributed by atoms with Gasteiger partial charge in [-0.3, -0.25) is 4.90 Å². The molecule has 1 atom stereocenters. The van der Waals surface area contributed by atoms with Crippen molar-refractivity contribution in [2.75, 3.05) is 13.1 Å². The van der Waals surface area contributed by atoms with Crippen LogP contribution in [0.1, 0.15) is 36.4 Å². The molecule has 0 N–H and O–H groups in total. The molecule has 86 valence electrons. The Labute approximate surface area is 106 Å². The van der Waals surface area contributed by atoms with Crippen LogP contribution in [0.3, 0.4) is 0 Å². The molecular weight excluding hydrogens is 241 g/mol. The summed E-state index contributed by atoms with van der Waals surface area (Å²) in [5, 5.41) is 1.62. The summed E-state index contributed by atoms with van der Waals surface area (Å²) in [5.74, 6) is 0. The summed E-state index contributed by atoms with van der Waals surface area (Å²) in [6, 6.07) is 4.54. The average molecular weight is 256 g/mol. The van der Waals surface area contributed by atoms with E-state index >= 15 is 0 Å². The highest BCUT2D eigenvalue weighted by Crippen LogP contribution is 2.41. The van der Waals surface area contributed by atoms with Crippen molar-refractivity contribution in [1.82, 2.24) is 4.90 Å². The van der Waals surface area contributed by atoms with E-state index in [4.69, 9.17) is 23.2 Å². The SMILES string of the molecule is Clc1cc(Cl)c2c(c1)[C@@H](N1CCCC1)CC2. The average Bonchev–Trinajstić information content (AvgIpc) is 2.83. The minimum Gasteiger partial charge on any atom is -0.296 e. The number of halogens is 2. The van der Waals surface area contributed by atoms with Crippen molar-refractivity contribution in [2.24, 2.45) is 0 Å². The van der Waals surface area contributed by atoms with Crippen molar-refractivity contribution in [1.29, 1.82) is 0 Å². The maximum Gasteiger partial charge on any atom is 0.0456 e. The Bertz CT molecular complexity index is 411. The number of nitrogens with zero attached hydrogens (tertiary/aromatic N) is 1. The lowest BCUT2D eigenvalue weighted by atomic mass is 10.1.